The number of ketones is 2. The number of hydrogen-bond donors (Lipinski definition) is 0. The zero-order valence-electron chi connectivity index (χ0n) is 14.8. The van der Waals surface area contributed by atoms with E-state index in [1.165, 1.54) is 0 Å². The molecule has 1 atom stereocenters. The van der Waals surface area contributed by atoms with Gasteiger partial charge in [0.1, 0.15) is 11.6 Å². The van der Waals surface area contributed by atoms with E-state index in [1.54, 1.807) is 0 Å². The summed E-state index contributed by atoms with van der Waals surface area (Å²) in [6, 6.07) is 0.926. The van der Waals surface area contributed by atoms with Crippen LogP contribution >= 0.6 is 0 Å². The summed E-state index contributed by atoms with van der Waals surface area (Å²) in [5.74, 6) is 0.451. The van der Waals surface area contributed by atoms with Gasteiger partial charge in [-0.1, -0.05) is 58.5 Å². The van der Waals surface area contributed by atoms with Crippen molar-refractivity contribution in [2.75, 3.05) is 0 Å². The summed E-state index contributed by atoms with van der Waals surface area (Å²) < 4.78 is 0. The highest BCUT2D eigenvalue weighted by Gasteiger charge is 2.28. The molecule has 0 aromatic heterocycles. The summed E-state index contributed by atoms with van der Waals surface area (Å²) in [6.45, 7) is 15.1. The van der Waals surface area contributed by atoms with Gasteiger partial charge in [-0.2, -0.15) is 0 Å². The summed E-state index contributed by atoms with van der Waals surface area (Å²) in [6.07, 6.45) is 5.60. The Morgan fingerprint density at radius 2 is 1.52 bits per heavy atom. The Morgan fingerprint density at radius 3 is 2.00 bits per heavy atom. The molecule has 0 N–H and O–H groups in total. The van der Waals surface area contributed by atoms with Gasteiger partial charge in [0.15, 0.2) is 0 Å². The highest BCUT2D eigenvalue weighted by molar-refractivity contribution is 6.76. The zero-order valence-corrected chi connectivity index (χ0v) is 15.8. The van der Waals surface area contributed by atoms with Crippen molar-refractivity contribution in [3.05, 3.63) is 12.2 Å². The molecule has 21 heavy (non-hydrogen) atoms. The first-order chi connectivity index (χ1) is 9.71. The van der Waals surface area contributed by atoms with Crippen molar-refractivity contribution in [2.45, 2.75) is 84.5 Å². The van der Waals surface area contributed by atoms with E-state index in [9.17, 15) is 9.59 Å². The molecular weight excluding hydrogens is 276 g/mol. The summed E-state index contributed by atoms with van der Waals surface area (Å²) >= 11 is 0. The van der Waals surface area contributed by atoms with Gasteiger partial charge in [0.05, 0.1) is 0 Å². The molecule has 0 amide bonds. The minimum Gasteiger partial charge on any atom is -0.299 e. The van der Waals surface area contributed by atoms with Gasteiger partial charge in [0.25, 0.3) is 0 Å². The predicted molar refractivity (Wildman–Crippen MR) is 94.5 cm³/mol. The van der Waals surface area contributed by atoms with E-state index in [1.807, 2.05) is 0 Å². The van der Waals surface area contributed by atoms with Crippen molar-refractivity contribution in [1.29, 1.82) is 0 Å². The first-order valence-electron chi connectivity index (χ1n) is 8.43. The lowest BCUT2D eigenvalue weighted by Crippen LogP contribution is -2.29. The average Bonchev–Trinajstić information content (AvgIpc) is 2.38. The van der Waals surface area contributed by atoms with Crippen LogP contribution in [0.4, 0.5) is 0 Å². The van der Waals surface area contributed by atoms with Gasteiger partial charge in [-0.05, 0) is 18.9 Å². The molecule has 0 rings (SSSR count). The molecule has 0 aromatic carbocycles. The van der Waals surface area contributed by atoms with E-state index in [0.717, 1.165) is 37.3 Å². The number of carbonyl (C=O) groups excluding carboxylic acids is 2. The Labute approximate surface area is 132 Å². The molecular formula is C18H34O2Si. The van der Waals surface area contributed by atoms with Crippen molar-refractivity contribution in [1.82, 2.24) is 0 Å². The van der Waals surface area contributed by atoms with Crippen LogP contribution in [0.1, 0.15) is 58.8 Å². The molecule has 0 saturated heterocycles. The lowest BCUT2D eigenvalue weighted by molar-refractivity contribution is -0.121. The highest BCUT2D eigenvalue weighted by atomic mass is 28.3. The van der Waals surface area contributed by atoms with Crippen LogP contribution in [-0.4, -0.2) is 19.6 Å². The number of rotatable bonds is 12. The average molecular weight is 311 g/mol. The smallest absolute Gasteiger partial charge is 0.139 e. The summed E-state index contributed by atoms with van der Waals surface area (Å²) in [4.78, 5) is 24.4. The quantitative estimate of drug-likeness (QED) is 0.357. The summed E-state index contributed by atoms with van der Waals surface area (Å²) in [7, 11) is -1.35. The SMILES string of the molecule is C=C(CC(=O)CCCC)C(C[Si](C)(C)C)C(=O)CCCC. The number of hydrogen-bond acceptors (Lipinski definition) is 2. The van der Waals surface area contributed by atoms with E-state index in [2.05, 4.69) is 40.1 Å². The first-order valence-corrected chi connectivity index (χ1v) is 12.1. The molecule has 0 aliphatic heterocycles. The van der Waals surface area contributed by atoms with Crippen molar-refractivity contribution < 1.29 is 9.59 Å². The number of allylic oxidation sites excluding steroid dienone is 1. The monoisotopic (exact) mass is 310 g/mol. The molecule has 0 aliphatic carbocycles. The second-order valence-electron chi connectivity index (χ2n) is 7.36. The highest BCUT2D eigenvalue weighted by Crippen LogP contribution is 2.27. The second kappa shape index (κ2) is 10.1. The van der Waals surface area contributed by atoms with Crippen LogP contribution in [0.25, 0.3) is 0 Å². The standard InChI is InChI=1S/C18H34O2Si/c1-7-9-11-16(19)13-15(3)17(14-21(4,5)6)18(20)12-10-8-2/h17H,3,7-14H2,1-2,4-6H3. The molecule has 2 nitrogen and oxygen atoms in total. The molecule has 0 fully saturated rings. The van der Waals surface area contributed by atoms with Gasteiger partial charge in [0, 0.05) is 33.3 Å². The normalized spacial score (nSPS) is 13.0. The van der Waals surface area contributed by atoms with Crippen LogP contribution in [0, 0.1) is 5.92 Å². The third-order valence-electron chi connectivity index (χ3n) is 3.71. The van der Waals surface area contributed by atoms with Crippen molar-refractivity contribution in [3.8, 4) is 0 Å². The molecule has 1 unspecified atom stereocenters. The van der Waals surface area contributed by atoms with Crippen LogP contribution in [0.3, 0.4) is 0 Å². The zero-order chi connectivity index (χ0) is 16.5. The van der Waals surface area contributed by atoms with Gasteiger partial charge >= 0.3 is 0 Å². The topological polar surface area (TPSA) is 34.1 Å². The maximum atomic E-state index is 12.5. The van der Waals surface area contributed by atoms with E-state index < -0.39 is 8.07 Å². The lowest BCUT2D eigenvalue weighted by atomic mass is 9.90. The Morgan fingerprint density at radius 1 is 1.00 bits per heavy atom. The van der Waals surface area contributed by atoms with E-state index in [-0.39, 0.29) is 11.7 Å². The molecule has 0 saturated carbocycles. The number of Topliss-reactive ketones (excluding diaryl/α,β-unsaturated/α-hetero) is 2. The molecule has 0 aliphatic rings. The van der Waals surface area contributed by atoms with Crippen LogP contribution in [0.2, 0.25) is 25.7 Å². The van der Waals surface area contributed by atoms with E-state index in [4.69, 9.17) is 0 Å². The van der Waals surface area contributed by atoms with Gasteiger partial charge in [0.2, 0.25) is 0 Å². The third-order valence-corrected chi connectivity index (χ3v) is 5.34. The van der Waals surface area contributed by atoms with Crippen LogP contribution in [-0.2, 0) is 9.59 Å². The minimum absolute atomic E-state index is 0.0891. The van der Waals surface area contributed by atoms with Crippen LogP contribution in [0.5, 0.6) is 0 Å². The van der Waals surface area contributed by atoms with Crippen molar-refractivity contribution >= 4 is 19.6 Å². The minimum atomic E-state index is -1.35. The lowest BCUT2D eigenvalue weighted by Gasteiger charge is -2.25. The molecule has 122 valence electrons. The molecule has 0 radical (unpaired) electrons. The van der Waals surface area contributed by atoms with Gasteiger partial charge < -0.3 is 0 Å². The van der Waals surface area contributed by atoms with E-state index >= 15 is 0 Å². The molecule has 0 bridgehead atoms. The van der Waals surface area contributed by atoms with Crippen LogP contribution in [0.15, 0.2) is 12.2 Å². The Hall–Kier alpha value is -0.703. The largest absolute Gasteiger partial charge is 0.299 e. The fourth-order valence-corrected chi connectivity index (χ4v) is 4.20. The summed E-state index contributed by atoms with van der Waals surface area (Å²) in [5, 5.41) is 0. The first kappa shape index (κ1) is 20.3. The van der Waals surface area contributed by atoms with Gasteiger partial charge in [-0.25, -0.2) is 0 Å². The summed E-state index contributed by atoms with van der Waals surface area (Å²) in [5.41, 5.74) is 0.861. The third kappa shape index (κ3) is 9.78. The number of unbranched alkanes of at least 4 members (excludes halogenated alkanes) is 2. The molecule has 0 heterocycles. The maximum absolute atomic E-state index is 12.5. The Balaban J connectivity index is 4.74. The fourth-order valence-electron chi connectivity index (χ4n) is 2.46. The Kier molecular flexibility index (Phi) is 9.76. The van der Waals surface area contributed by atoms with Gasteiger partial charge in [-0.3, -0.25) is 9.59 Å². The van der Waals surface area contributed by atoms with Crippen molar-refractivity contribution in [3.63, 3.8) is 0 Å². The predicted octanol–water partition coefficient (Wildman–Crippen LogP) is 5.41. The van der Waals surface area contributed by atoms with Crippen LogP contribution < -0.4 is 0 Å². The van der Waals surface area contributed by atoms with Gasteiger partial charge in [-0.15, -0.1) is 0 Å². The second-order valence-corrected chi connectivity index (χ2v) is 12.9. The van der Waals surface area contributed by atoms with Crippen molar-refractivity contribution in [2.24, 2.45) is 5.92 Å². The fraction of sp³-hybridized carbons (Fsp3) is 0.778. The molecule has 3 heteroatoms. The van der Waals surface area contributed by atoms with E-state index in [0.29, 0.717) is 25.0 Å². The number of carbonyl (C=O) groups is 2. The molecule has 0 spiro atoms. The Bertz CT molecular complexity index is 353. The maximum Gasteiger partial charge on any atom is 0.139 e. The molecule has 0 aromatic rings.